The van der Waals surface area contributed by atoms with Crippen molar-refractivity contribution in [3.05, 3.63) is 28.8 Å². The summed E-state index contributed by atoms with van der Waals surface area (Å²) in [6.07, 6.45) is 3.30. The second-order valence-corrected chi connectivity index (χ2v) is 5.59. The van der Waals surface area contributed by atoms with Gasteiger partial charge in [-0.25, -0.2) is 0 Å². The van der Waals surface area contributed by atoms with Crippen LogP contribution in [0.2, 0.25) is 5.02 Å². The van der Waals surface area contributed by atoms with Crippen molar-refractivity contribution in [2.75, 3.05) is 7.11 Å². The molecule has 3 nitrogen and oxygen atoms in total. The first-order chi connectivity index (χ1) is 9.04. The normalized spacial score (nSPS) is 23.3. The molecule has 0 bridgehead atoms. The van der Waals surface area contributed by atoms with Crippen molar-refractivity contribution in [3.8, 4) is 5.75 Å². The SMILES string of the molecule is COc1ccc(C(=O)N2C(C)CCCC2C)c(Cl)c1. The van der Waals surface area contributed by atoms with Gasteiger partial charge in [-0.1, -0.05) is 11.6 Å². The number of hydrogen-bond donors (Lipinski definition) is 0. The van der Waals surface area contributed by atoms with E-state index in [1.165, 1.54) is 6.42 Å². The molecule has 1 aliphatic rings. The zero-order valence-electron chi connectivity index (χ0n) is 11.6. The number of carbonyl (C=O) groups excluding carboxylic acids is 1. The Balaban J connectivity index is 2.28. The Morgan fingerprint density at radius 3 is 2.47 bits per heavy atom. The Bertz CT molecular complexity index is 465. The maximum Gasteiger partial charge on any atom is 0.255 e. The standard InChI is InChI=1S/C15H20ClNO2/c1-10-5-4-6-11(2)17(10)15(18)13-8-7-12(19-3)9-14(13)16/h7-11H,4-6H2,1-3H3. The van der Waals surface area contributed by atoms with E-state index in [4.69, 9.17) is 16.3 Å². The number of hydrogen-bond acceptors (Lipinski definition) is 2. The molecule has 104 valence electrons. The van der Waals surface area contributed by atoms with Gasteiger partial charge in [0.1, 0.15) is 5.75 Å². The molecular formula is C15H20ClNO2. The predicted molar refractivity (Wildman–Crippen MR) is 76.9 cm³/mol. The van der Waals surface area contributed by atoms with Crippen molar-refractivity contribution in [1.82, 2.24) is 4.90 Å². The number of nitrogens with zero attached hydrogens (tertiary/aromatic N) is 1. The van der Waals surface area contributed by atoms with Crippen molar-refractivity contribution >= 4 is 17.5 Å². The summed E-state index contributed by atoms with van der Waals surface area (Å²) in [4.78, 5) is 14.6. The van der Waals surface area contributed by atoms with Gasteiger partial charge in [0.15, 0.2) is 0 Å². The molecule has 19 heavy (non-hydrogen) atoms. The third-order valence-electron chi connectivity index (χ3n) is 3.83. The number of halogens is 1. The lowest BCUT2D eigenvalue weighted by Gasteiger charge is -2.39. The molecule has 4 heteroatoms. The molecule has 0 aliphatic carbocycles. The van der Waals surface area contributed by atoms with Crippen molar-refractivity contribution in [2.24, 2.45) is 0 Å². The highest BCUT2D eigenvalue weighted by atomic mass is 35.5. The van der Waals surface area contributed by atoms with Crippen molar-refractivity contribution in [2.45, 2.75) is 45.2 Å². The molecule has 2 atom stereocenters. The first-order valence-electron chi connectivity index (χ1n) is 6.70. The number of likely N-dealkylation sites (tertiary alicyclic amines) is 1. The highest BCUT2D eigenvalue weighted by Gasteiger charge is 2.30. The molecule has 1 heterocycles. The Labute approximate surface area is 119 Å². The van der Waals surface area contributed by atoms with Crippen LogP contribution >= 0.6 is 11.6 Å². The van der Waals surface area contributed by atoms with E-state index in [1.54, 1.807) is 25.3 Å². The van der Waals surface area contributed by atoms with Gasteiger partial charge in [-0.05, 0) is 51.3 Å². The van der Waals surface area contributed by atoms with Crippen LogP contribution in [0, 0.1) is 0 Å². The van der Waals surface area contributed by atoms with Gasteiger partial charge in [0, 0.05) is 12.1 Å². The number of rotatable bonds is 2. The average Bonchev–Trinajstić information content (AvgIpc) is 2.38. The van der Waals surface area contributed by atoms with Crippen LogP contribution < -0.4 is 4.74 Å². The molecule has 2 unspecified atom stereocenters. The van der Waals surface area contributed by atoms with E-state index in [0.29, 0.717) is 16.3 Å². The van der Waals surface area contributed by atoms with Gasteiger partial charge in [0.2, 0.25) is 0 Å². The van der Waals surface area contributed by atoms with E-state index in [1.807, 2.05) is 4.90 Å². The van der Waals surface area contributed by atoms with Crippen LogP contribution in [0.25, 0.3) is 0 Å². The first kappa shape index (κ1) is 14.2. The third kappa shape index (κ3) is 2.86. The molecule has 1 saturated heterocycles. The van der Waals surface area contributed by atoms with Gasteiger partial charge in [0.25, 0.3) is 5.91 Å². The minimum atomic E-state index is 0.0207. The molecule has 0 N–H and O–H groups in total. The van der Waals surface area contributed by atoms with Gasteiger partial charge < -0.3 is 9.64 Å². The quantitative estimate of drug-likeness (QED) is 0.826. The number of methoxy groups -OCH3 is 1. The van der Waals surface area contributed by atoms with Crippen molar-refractivity contribution in [3.63, 3.8) is 0 Å². The third-order valence-corrected chi connectivity index (χ3v) is 4.15. The van der Waals surface area contributed by atoms with Crippen molar-refractivity contribution in [1.29, 1.82) is 0 Å². The van der Waals surface area contributed by atoms with E-state index in [-0.39, 0.29) is 18.0 Å². The lowest BCUT2D eigenvalue weighted by atomic mass is 9.96. The fourth-order valence-corrected chi connectivity index (χ4v) is 3.01. The Morgan fingerprint density at radius 1 is 1.32 bits per heavy atom. The number of benzene rings is 1. The van der Waals surface area contributed by atoms with Gasteiger partial charge >= 0.3 is 0 Å². The number of carbonyl (C=O) groups is 1. The highest BCUT2D eigenvalue weighted by molar-refractivity contribution is 6.34. The van der Waals surface area contributed by atoms with Crippen LogP contribution in [0.3, 0.4) is 0 Å². The molecule has 0 saturated carbocycles. The van der Waals surface area contributed by atoms with E-state index < -0.39 is 0 Å². The summed E-state index contributed by atoms with van der Waals surface area (Å²) in [5.74, 6) is 0.689. The summed E-state index contributed by atoms with van der Waals surface area (Å²) in [6.45, 7) is 4.20. The Kier molecular flexibility index (Phi) is 4.35. The van der Waals surface area contributed by atoms with E-state index in [2.05, 4.69) is 13.8 Å². The van der Waals surface area contributed by atoms with Crippen molar-refractivity contribution < 1.29 is 9.53 Å². The Hall–Kier alpha value is -1.22. The van der Waals surface area contributed by atoms with Crippen LogP contribution in [-0.2, 0) is 0 Å². The molecular weight excluding hydrogens is 262 g/mol. The maximum absolute atomic E-state index is 12.6. The molecule has 0 spiro atoms. The van der Waals surface area contributed by atoms with Crippen LogP contribution in [0.1, 0.15) is 43.5 Å². The second kappa shape index (κ2) is 5.83. The van der Waals surface area contributed by atoms with E-state index >= 15 is 0 Å². The molecule has 1 aromatic rings. The molecule has 1 aliphatic heterocycles. The smallest absolute Gasteiger partial charge is 0.255 e. The zero-order chi connectivity index (χ0) is 14.0. The highest BCUT2D eigenvalue weighted by Crippen LogP contribution is 2.28. The number of ether oxygens (including phenoxy) is 1. The molecule has 0 radical (unpaired) electrons. The predicted octanol–water partition coefficient (Wildman–Crippen LogP) is 3.75. The van der Waals surface area contributed by atoms with Gasteiger partial charge in [-0.15, -0.1) is 0 Å². The topological polar surface area (TPSA) is 29.5 Å². The fraction of sp³-hybridized carbons (Fsp3) is 0.533. The monoisotopic (exact) mass is 281 g/mol. The summed E-state index contributed by atoms with van der Waals surface area (Å²) in [7, 11) is 1.59. The molecule has 1 aromatic carbocycles. The molecule has 1 fully saturated rings. The van der Waals surface area contributed by atoms with E-state index in [9.17, 15) is 4.79 Å². The Morgan fingerprint density at radius 2 is 1.95 bits per heavy atom. The van der Waals surface area contributed by atoms with Gasteiger partial charge in [-0.2, -0.15) is 0 Å². The fourth-order valence-electron chi connectivity index (χ4n) is 2.76. The summed E-state index contributed by atoms with van der Waals surface area (Å²) in [5, 5.41) is 0.453. The summed E-state index contributed by atoms with van der Waals surface area (Å²) >= 11 is 6.19. The van der Waals surface area contributed by atoms with Gasteiger partial charge in [-0.3, -0.25) is 4.79 Å². The van der Waals surface area contributed by atoms with Crippen LogP contribution in [0.5, 0.6) is 5.75 Å². The molecule has 1 amide bonds. The molecule has 0 aromatic heterocycles. The zero-order valence-corrected chi connectivity index (χ0v) is 12.4. The average molecular weight is 282 g/mol. The first-order valence-corrected chi connectivity index (χ1v) is 7.08. The van der Waals surface area contributed by atoms with Crippen LogP contribution in [0.15, 0.2) is 18.2 Å². The number of piperidine rings is 1. The van der Waals surface area contributed by atoms with Crippen LogP contribution in [-0.4, -0.2) is 30.0 Å². The van der Waals surface area contributed by atoms with Crippen LogP contribution in [0.4, 0.5) is 0 Å². The summed E-state index contributed by atoms with van der Waals surface area (Å²) in [5.41, 5.74) is 0.558. The minimum absolute atomic E-state index is 0.0207. The second-order valence-electron chi connectivity index (χ2n) is 5.19. The lowest BCUT2D eigenvalue weighted by Crippen LogP contribution is -2.47. The lowest BCUT2D eigenvalue weighted by molar-refractivity contribution is 0.0511. The van der Waals surface area contributed by atoms with E-state index in [0.717, 1.165) is 12.8 Å². The van der Waals surface area contributed by atoms with Gasteiger partial charge in [0.05, 0.1) is 17.7 Å². The summed E-state index contributed by atoms with van der Waals surface area (Å²) in [6, 6.07) is 5.76. The summed E-state index contributed by atoms with van der Waals surface area (Å²) < 4.78 is 5.11. The molecule has 2 rings (SSSR count). The maximum atomic E-state index is 12.6. The number of amides is 1. The minimum Gasteiger partial charge on any atom is -0.497 e. The largest absolute Gasteiger partial charge is 0.497 e.